The van der Waals surface area contributed by atoms with Gasteiger partial charge in [-0.05, 0) is 68.4 Å². The Kier molecular flexibility index (Phi) is 8.86. The lowest BCUT2D eigenvalue weighted by atomic mass is 10.1. The van der Waals surface area contributed by atoms with E-state index in [1.165, 1.54) is 26.7 Å². The van der Waals surface area contributed by atoms with Crippen LogP contribution in [0.25, 0.3) is 0 Å². The third-order valence-electron chi connectivity index (χ3n) is 5.12. The number of hydrogen-bond acceptors (Lipinski definition) is 7. The SMILES string of the molecule is CCOC(=O)CSCc1cc2c(cc1SC)N(c1ccccc1)CC(CC)N(C)S2. The Bertz CT molecular complexity index is 848. The number of ether oxygens (including phenoxy) is 1. The van der Waals surface area contributed by atoms with E-state index >= 15 is 0 Å². The Morgan fingerprint density at radius 3 is 2.67 bits per heavy atom. The number of thioether (sulfide) groups is 2. The maximum Gasteiger partial charge on any atom is 0.315 e. The van der Waals surface area contributed by atoms with E-state index < -0.39 is 0 Å². The van der Waals surface area contributed by atoms with E-state index in [0.717, 1.165) is 18.7 Å². The molecule has 2 aromatic rings. The molecule has 0 aliphatic carbocycles. The fourth-order valence-corrected chi connectivity index (χ4v) is 6.18. The van der Waals surface area contributed by atoms with Crippen molar-refractivity contribution >= 4 is 52.8 Å². The van der Waals surface area contributed by atoms with Gasteiger partial charge < -0.3 is 9.64 Å². The van der Waals surface area contributed by atoms with Crippen LogP contribution < -0.4 is 4.90 Å². The molecule has 1 aliphatic rings. The minimum Gasteiger partial charge on any atom is -0.465 e. The average molecular weight is 463 g/mol. The zero-order valence-electron chi connectivity index (χ0n) is 18.1. The minimum absolute atomic E-state index is 0.141. The van der Waals surface area contributed by atoms with Crippen molar-refractivity contribution in [3.05, 3.63) is 48.0 Å². The lowest BCUT2D eigenvalue weighted by Gasteiger charge is -2.29. The van der Waals surface area contributed by atoms with E-state index in [4.69, 9.17) is 4.74 Å². The second-order valence-electron chi connectivity index (χ2n) is 7.08. The van der Waals surface area contributed by atoms with Crippen LogP contribution in [0.3, 0.4) is 0 Å². The largest absolute Gasteiger partial charge is 0.465 e. The molecule has 0 bridgehead atoms. The summed E-state index contributed by atoms with van der Waals surface area (Å²) < 4.78 is 7.45. The van der Waals surface area contributed by atoms with E-state index in [1.807, 2.05) is 18.9 Å². The summed E-state index contributed by atoms with van der Waals surface area (Å²) in [6.45, 7) is 5.50. The van der Waals surface area contributed by atoms with Gasteiger partial charge in [-0.15, -0.1) is 23.5 Å². The molecule has 0 saturated heterocycles. The van der Waals surface area contributed by atoms with Gasteiger partial charge in [-0.1, -0.05) is 25.1 Å². The van der Waals surface area contributed by atoms with Crippen LogP contribution in [-0.2, 0) is 15.3 Å². The molecule has 3 rings (SSSR count). The van der Waals surface area contributed by atoms with E-state index in [9.17, 15) is 4.79 Å². The van der Waals surface area contributed by atoms with E-state index in [2.05, 4.69) is 71.9 Å². The van der Waals surface area contributed by atoms with E-state index in [-0.39, 0.29) is 5.97 Å². The summed E-state index contributed by atoms with van der Waals surface area (Å²) in [7, 11) is 2.19. The molecule has 1 atom stereocenters. The predicted octanol–water partition coefficient (Wildman–Crippen LogP) is 6.07. The van der Waals surface area contributed by atoms with Crippen LogP contribution in [-0.4, -0.2) is 48.5 Å². The molecule has 1 aliphatic heterocycles. The zero-order valence-corrected chi connectivity index (χ0v) is 20.5. The zero-order chi connectivity index (χ0) is 21.5. The maximum absolute atomic E-state index is 11.7. The standard InChI is InChI=1S/C23H30N2O2S3/c1-5-18-14-25(19-10-8-7-9-11-19)20-13-21(28-4)17(12-22(20)30-24(18)3)15-29-16-23(26)27-6-2/h7-13,18H,5-6,14-16H2,1-4H3. The summed E-state index contributed by atoms with van der Waals surface area (Å²) in [5.41, 5.74) is 3.77. The van der Waals surface area contributed by atoms with Crippen molar-refractivity contribution in [3.63, 3.8) is 0 Å². The first kappa shape index (κ1) is 23.4. The molecule has 4 nitrogen and oxygen atoms in total. The monoisotopic (exact) mass is 462 g/mol. The van der Waals surface area contributed by atoms with Crippen molar-refractivity contribution in [1.82, 2.24) is 4.31 Å². The summed E-state index contributed by atoms with van der Waals surface area (Å²) in [6, 6.07) is 15.8. The molecular formula is C23H30N2O2S3. The van der Waals surface area contributed by atoms with Crippen LogP contribution in [0.5, 0.6) is 0 Å². The number of carbonyl (C=O) groups excluding carboxylic acids is 1. The van der Waals surface area contributed by atoms with Crippen LogP contribution in [0.4, 0.5) is 11.4 Å². The third-order valence-corrected chi connectivity index (χ3v) is 8.01. The normalized spacial score (nSPS) is 16.8. The number of nitrogens with zero attached hydrogens (tertiary/aromatic N) is 2. The van der Waals surface area contributed by atoms with Crippen molar-refractivity contribution in [3.8, 4) is 0 Å². The summed E-state index contributed by atoms with van der Waals surface area (Å²) in [5.74, 6) is 1.05. The Morgan fingerprint density at radius 1 is 1.23 bits per heavy atom. The molecule has 1 heterocycles. The van der Waals surface area contributed by atoms with Crippen LogP contribution in [0.1, 0.15) is 25.8 Å². The quantitative estimate of drug-likeness (QED) is 0.267. The van der Waals surface area contributed by atoms with Gasteiger partial charge in [0.25, 0.3) is 0 Å². The number of likely N-dealkylation sites (N-methyl/N-ethyl adjacent to an activating group) is 1. The van der Waals surface area contributed by atoms with Crippen LogP contribution in [0.15, 0.2) is 52.3 Å². The molecule has 2 aromatic carbocycles. The average Bonchev–Trinajstić information content (AvgIpc) is 2.89. The number of hydrogen-bond donors (Lipinski definition) is 0. The van der Waals surface area contributed by atoms with Gasteiger partial charge in [-0.3, -0.25) is 4.79 Å². The minimum atomic E-state index is -0.141. The molecule has 0 amide bonds. The highest BCUT2D eigenvalue weighted by atomic mass is 32.2. The fraction of sp³-hybridized carbons (Fsp3) is 0.435. The molecule has 162 valence electrons. The van der Waals surface area contributed by atoms with Crippen LogP contribution >= 0.6 is 35.5 Å². The Balaban J connectivity index is 1.93. The predicted molar refractivity (Wildman–Crippen MR) is 132 cm³/mol. The molecule has 0 fully saturated rings. The first-order chi connectivity index (χ1) is 14.6. The van der Waals surface area contributed by atoms with Gasteiger partial charge in [-0.25, -0.2) is 4.31 Å². The van der Waals surface area contributed by atoms with Crippen molar-refractivity contribution < 1.29 is 9.53 Å². The van der Waals surface area contributed by atoms with E-state index in [0.29, 0.717) is 18.4 Å². The Labute approximate surface area is 193 Å². The van der Waals surface area contributed by atoms with Crippen molar-refractivity contribution in [1.29, 1.82) is 0 Å². The number of rotatable bonds is 8. The molecule has 1 unspecified atom stereocenters. The molecule has 0 radical (unpaired) electrons. The fourth-order valence-electron chi connectivity index (χ4n) is 3.52. The molecule has 7 heteroatoms. The van der Waals surface area contributed by atoms with Gasteiger partial charge in [0.05, 0.1) is 18.0 Å². The Morgan fingerprint density at radius 2 is 2.00 bits per heavy atom. The van der Waals surface area contributed by atoms with Crippen molar-refractivity contribution in [2.24, 2.45) is 0 Å². The topological polar surface area (TPSA) is 32.8 Å². The molecule has 0 aromatic heterocycles. The number of fused-ring (bicyclic) bond motifs is 1. The number of carbonyl (C=O) groups is 1. The van der Waals surface area contributed by atoms with E-state index in [1.54, 1.807) is 23.5 Å². The molecular weight excluding hydrogens is 432 g/mol. The highest BCUT2D eigenvalue weighted by Crippen LogP contribution is 2.44. The number of para-hydroxylation sites is 1. The van der Waals surface area contributed by atoms with Gasteiger partial charge in [0.2, 0.25) is 0 Å². The number of esters is 1. The maximum atomic E-state index is 11.7. The highest BCUT2D eigenvalue weighted by molar-refractivity contribution is 7.99. The smallest absolute Gasteiger partial charge is 0.315 e. The molecule has 0 N–H and O–H groups in total. The molecule has 0 saturated carbocycles. The Hall–Kier alpha value is -1.28. The second-order valence-corrected chi connectivity index (χ2v) is 10.1. The first-order valence-electron chi connectivity index (χ1n) is 10.2. The first-order valence-corrected chi connectivity index (χ1v) is 13.4. The molecule has 0 spiro atoms. The van der Waals surface area contributed by atoms with Gasteiger partial charge in [0.15, 0.2) is 0 Å². The summed E-state index contributed by atoms with van der Waals surface area (Å²) in [6.07, 6.45) is 3.22. The summed E-state index contributed by atoms with van der Waals surface area (Å²) >= 11 is 5.21. The van der Waals surface area contributed by atoms with Gasteiger partial charge >= 0.3 is 5.97 Å². The van der Waals surface area contributed by atoms with Crippen LogP contribution in [0.2, 0.25) is 0 Å². The summed E-state index contributed by atoms with van der Waals surface area (Å²) in [4.78, 5) is 16.7. The highest BCUT2D eigenvalue weighted by Gasteiger charge is 2.27. The van der Waals surface area contributed by atoms with Crippen molar-refractivity contribution in [2.75, 3.05) is 37.1 Å². The van der Waals surface area contributed by atoms with Crippen LogP contribution in [0, 0.1) is 0 Å². The second kappa shape index (κ2) is 11.4. The van der Waals surface area contributed by atoms with Gasteiger partial charge in [-0.2, -0.15) is 0 Å². The third kappa shape index (κ3) is 5.69. The van der Waals surface area contributed by atoms with Gasteiger partial charge in [0.1, 0.15) is 0 Å². The molecule has 30 heavy (non-hydrogen) atoms. The number of benzene rings is 2. The summed E-state index contributed by atoms with van der Waals surface area (Å²) in [5, 5.41) is 0. The lowest BCUT2D eigenvalue weighted by molar-refractivity contribution is -0.139. The number of anilines is 2. The lowest BCUT2D eigenvalue weighted by Crippen LogP contribution is -2.34. The van der Waals surface area contributed by atoms with Crippen molar-refractivity contribution in [2.45, 2.75) is 41.9 Å². The van der Waals surface area contributed by atoms with Gasteiger partial charge in [0, 0.05) is 33.8 Å².